The van der Waals surface area contributed by atoms with Gasteiger partial charge >= 0.3 is 6.18 Å². The maximum Gasteiger partial charge on any atom is 0.416 e. The van der Waals surface area contributed by atoms with Crippen molar-refractivity contribution in [2.75, 3.05) is 18.4 Å². The standard InChI is InChI=1S/C21H19BrF3N5O2/c1-13-2-3-15(22)9-16(13)20(5-6-20)11-29(12-31)10-18(32)27-19-26-17-8-14(21(23,24)25)4-7-30(17)28-19/h2-4,7-9,12H,5-6,10-11H2,1H3,(H,27,28,32). The molecule has 0 saturated heterocycles. The number of hydrogen-bond donors (Lipinski definition) is 1. The molecular formula is C21H19BrF3N5O2. The first-order valence-electron chi connectivity index (χ1n) is 9.79. The lowest BCUT2D eigenvalue weighted by Crippen LogP contribution is -2.38. The fraction of sp³-hybridized carbons (Fsp3) is 0.333. The Balaban J connectivity index is 1.44. The van der Waals surface area contributed by atoms with Crippen LogP contribution in [-0.2, 0) is 21.2 Å². The minimum Gasteiger partial charge on any atom is -0.335 e. The summed E-state index contributed by atoms with van der Waals surface area (Å²) in [6, 6.07) is 7.73. The number of aryl methyl sites for hydroxylation is 1. The highest BCUT2D eigenvalue weighted by atomic mass is 79.9. The molecule has 1 aliphatic rings. The summed E-state index contributed by atoms with van der Waals surface area (Å²) >= 11 is 3.48. The van der Waals surface area contributed by atoms with E-state index in [4.69, 9.17) is 0 Å². The van der Waals surface area contributed by atoms with Crippen LogP contribution in [0.1, 0.15) is 29.5 Å². The third-order valence-electron chi connectivity index (χ3n) is 5.54. The third kappa shape index (κ3) is 4.62. The molecule has 0 spiro atoms. The molecule has 1 aromatic carbocycles. The molecule has 2 heterocycles. The van der Waals surface area contributed by atoms with Crippen LogP contribution in [0.5, 0.6) is 0 Å². The van der Waals surface area contributed by atoms with Crippen molar-refractivity contribution in [3.8, 4) is 0 Å². The molecule has 4 rings (SSSR count). The molecule has 7 nitrogen and oxygen atoms in total. The van der Waals surface area contributed by atoms with Gasteiger partial charge in [-0.2, -0.15) is 18.2 Å². The number of pyridine rings is 1. The summed E-state index contributed by atoms with van der Waals surface area (Å²) in [6.45, 7) is 2.18. The van der Waals surface area contributed by atoms with Crippen molar-refractivity contribution < 1.29 is 22.8 Å². The topological polar surface area (TPSA) is 79.6 Å². The van der Waals surface area contributed by atoms with Gasteiger partial charge in [-0.15, -0.1) is 5.10 Å². The van der Waals surface area contributed by atoms with Crippen molar-refractivity contribution in [1.29, 1.82) is 0 Å². The Hall–Kier alpha value is -2.95. The van der Waals surface area contributed by atoms with E-state index in [-0.39, 0.29) is 23.6 Å². The van der Waals surface area contributed by atoms with Crippen molar-refractivity contribution in [3.05, 3.63) is 57.7 Å². The van der Waals surface area contributed by atoms with Gasteiger partial charge in [0.2, 0.25) is 18.3 Å². The molecule has 11 heteroatoms. The van der Waals surface area contributed by atoms with Crippen LogP contribution in [0.3, 0.4) is 0 Å². The van der Waals surface area contributed by atoms with E-state index in [9.17, 15) is 22.8 Å². The number of fused-ring (bicyclic) bond motifs is 1. The third-order valence-corrected chi connectivity index (χ3v) is 6.04. The number of anilines is 1. The molecular weight excluding hydrogens is 491 g/mol. The van der Waals surface area contributed by atoms with Gasteiger partial charge in [-0.05, 0) is 55.2 Å². The van der Waals surface area contributed by atoms with E-state index in [0.29, 0.717) is 13.0 Å². The first kappa shape index (κ1) is 22.3. The molecule has 2 aromatic heterocycles. The summed E-state index contributed by atoms with van der Waals surface area (Å²) in [6.07, 6.45) is -0.944. The van der Waals surface area contributed by atoms with E-state index in [0.717, 1.165) is 51.3 Å². The lowest BCUT2D eigenvalue weighted by molar-refractivity contribution is -0.137. The Labute approximate surface area is 189 Å². The zero-order valence-electron chi connectivity index (χ0n) is 17.0. The number of carbonyl (C=O) groups is 2. The van der Waals surface area contributed by atoms with E-state index in [1.165, 1.54) is 4.90 Å². The smallest absolute Gasteiger partial charge is 0.335 e. The lowest BCUT2D eigenvalue weighted by atomic mass is 9.91. The van der Waals surface area contributed by atoms with E-state index in [1.807, 2.05) is 25.1 Å². The fourth-order valence-electron chi connectivity index (χ4n) is 3.81. The number of amides is 2. The number of alkyl halides is 3. The van der Waals surface area contributed by atoms with Crippen LogP contribution in [0.15, 0.2) is 41.0 Å². The summed E-state index contributed by atoms with van der Waals surface area (Å²) in [4.78, 5) is 29.4. The van der Waals surface area contributed by atoms with Crippen molar-refractivity contribution in [2.45, 2.75) is 31.4 Å². The largest absolute Gasteiger partial charge is 0.416 e. The quantitative estimate of drug-likeness (QED) is 0.489. The highest BCUT2D eigenvalue weighted by molar-refractivity contribution is 9.10. The van der Waals surface area contributed by atoms with Crippen LogP contribution >= 0.6 is 15.9 Å². The number of carbonyl (C=O) groups excluding carboxylic acids is 2. The highest BCUT2D eigenvalue weighted by Crippen LogP contribution is 2.50. The molecule has 0 unspecified atom stereocenters. The number of nitrogens with zero attached hydrogens (tertiary/aromatic N) is 4. The molecule has 1 N–H and O–H groups in total. The molecule has 2 amide bonds. The van der Waals surface area contributed by atoms with Gasteiger partial charge in [0.15, 0.2) is 5.65 Å². The maximum absolute atomic E-state index is 12.9. The summed E-state index contributed by atoms with van der Waals surface area (Å²) in [5.74, 6) is -0.671. The molecule has 0 aliphatic heterocycles. The summed E-state index contributed by atoms with van der Waals surface area (Å²) in [5, 5.41) is 6.41. The number of halogens is 4. The van der Waals surface area contributed by atoms with E-state index in [2.05, 4.69) is 31.3 Å². The van der Waals surface area contributed by atoms with Gasteiger partial charge < -0.3 is 4.90 Å². The molecule has 0 bridgehead atoms. The van der Waals surface area contributed by atoms with Gasteiger partial charge in [-0.1, -0.05) is 22.0 Å². The van der Waals surface area contributed by atoms with Crippen LogP contribution < -0.4 is 5.32 Å². The summed E-state index contributed by atoms with van der Waals surface area (Å²) < 4.78 is 40.7. The minimum atomic E-state index is -4.51. The molecule has 3 aromatic rings. The van der Waals surface area contributed by atoms with Crippen molar-refractivity contribution >= 4 is 39.8 Å². The Morgan fingerprint density at radius 2 is 2.06 bits per heavy atom. The molecule has 1 aliphatic carbocycles. The summed E-state index contributed by atoms with van der Waals surface area (Å²) in [7, 11) is 0. The van der Waals surface area contributed by atoms with Gasteiger partial charge in [0.05, 0.1) is 12.1 Å². The van der Waals surface area contributed by atoms with E-state index >= 15 is 0 Å². The van der Waals surface area contributed by atoms with Gasteiger partial charge in [0, 0.05) is 22.6 Å². The van der Waals surface area contributed by atoms with Gasteiger partial charge in [-0.25, -0.2) is 4.52 Å². The molecule has 1 saturated carbocycles. The first-order chi connectivity index (χ1) is 15.1. The SMILES string of the molecule is Cc1ccc(Br)cc1C1(CN(C=O)CC(=O)Nc2nc3cc(C(F)(F)F)ccn3n2)CC1. The predicted octanol–water partition coefficient (Wildman–Crippen LogP) is 3.95. The monoisotopic (exact) mass is 509 g/mol. The second kappa shape index (κ2) is 8.19. The first-order valence-corrected chi connectivity index (χ1v) is 10.6. The predicted molar refractivity (Wildman–Crippen MR) is 114 cm³/mol. The summed E-state index contributed by atoms with van der Waals surface area (Å²) in [5.41, 5.74) is 1.16. The number of rotatable bonds is 7. The molecule has 168 valence electrons. The second-order valence-electron chi connectivity index (χ2n) is 7.95. The van der Waals surface area contributed by atoms with Crippen LogP contribution in [0.2, 0.25) is 0 Å². The average molecular weight is 510 g/mol. The molecule has 0 radical (unpaired) electrons. The van der Waals surface area contributed by atoms with E-state index in [1.54, 1.807) is 0 Å². The van der Waals surface area contributed by atoms with Gasteiger partial charge in [0.1, 0.15) is 0 Å². The normalized spacial score (nSPS) is 14.9. The molecule has 0 atom stereocenters. The number of aromatic nitrogens is 3. The van der Waals surface area contributed by atoms with Crippen LogP contribution in [0.25, 0.3) is 5.65 Å². The number of benzene rings is 1. The van der Waals surface area contributed by atoms with Crippen LogP contribution in [-0.4, -0.2) is 44.9 Å². The second-order valence-corrected chi connectivity index (χ2v) is 8.87. The van der Waals surface area contributed by atoms with Crippen LogP contribution in [0, 0.1) is 6.92 Å². The van der Waals surface area contributed by atoms with Crippen molar-refractivity contribution in [2.24, 2.45) is 0 Å². The minimum absolute atomic E-state index is 0.0515. The Morgan fingerprint density at radius 3 is 2.72 bits per heavy atom. The van der Waals surface area contributed by atoms with E-state index < -0.39 is 17.6 Å². The highest BCUT2D eigenvalue weighted by Gasteiger charge is 2.46. The molecule has 32 heavy (non-hydrogen) atoms. The van der Waals surface area contributed by atoms with Crippen molar-refractivity contribution in [1.82, 2.24) is 19.5 Å². The Bertz CT molecular complexity index is 1190. The Kier molecular flexibility index (Phi) is 5.70. The zero-order chi connectivity index (χ0) is 23.1. The average Bonchev–Trinajstić information content (AvgIpc) is 3.38. The molecule has 1 fully saturated rings. The van der Waals surface area contributed by atoms with Crippen LogP contribution in [0.4, 0.5) is 19.1 Å². The number of hydrogen-bond acceptors (Lipinski definition) is 4. The van der Waals surface area contributed by atoms with Gasteiger partial charge in [-0.3, -0.25) is 14.9 Å². The fourth-order valence-corrected chi connectivity index (χ4v) is 4.17. The van der Waals surface area contributed by atoms with Crippen molar-refractivity contribution in [3.63, 3.8) is 0 Å². The maximum atomic E-state index is 12.9. The lowest BCUT2D eigenvalue weighted by Gasteiger charge is -2.25. The zero-order valence-corrected chi connectivity index (χ0v) is 18.6. The number of nitrogens with one attached hydrogen (secondary N) is 1. The van der Waals surface area contributed by atoms with Gasteiger partial charge in [0.25, 0.3) is 0 Å². The Morgan fingerprint density at radius 1 is 1.31 bits per heavy atom.